The number of aryl methyl sites for hydroxylation is 1. The Kier molecular flexibility index (Phi) is 4.51. The van der Waals surface area contributed by atoms with Crippen molar-refractivity contribution in [1.82, 2.24) is 19.9 Å². The molecule has 1 aliphatic rings. The fraction of sp³-hybridized carbons (Fsp3) is 0.333. The van der Waals surface area contributed by atoms with Gasteiger partial charge in [0.1, 0.15) is 35.3 Å². The molecule has 1 fully saturated rings. The summed E-state index contributed by atoms with van der Waals surface area (Å²) in [5.41, 5.74) is 0.411. The molecule has 0 spiro atoms. The lowest BCUT2D eigenvalue weighted by Gasteiger charge is -2.36. The first kappa shape index (κ1) is 17.4. The SMILES string of the molecule is Cc1nc(C(F)F)cc(N2CCN(c3ncnc4ccc(F)cc34)CC2)n1. The van der Waals surface area contributed by atoms with Crippen LogP contribution in [0.4, 0.5) is 24.8 Å². The van der Waals surface area contributed by atoms with Crippen molar-refractivity contribution >= 4 is 22.5 Å². The Balaban J connectivity index is 1.56. The predicted molar refractivity (Wildman–Crippen MR) is 95.6 cm³/mol. The maximum atomic E-state index is 13.7. The van der Waals surface area contributed by atoms with Crippen LogP contribution in [-0.2, 0) is 0 Å². The third-order valence-electron chi connectivity index (χ3n) is 4.55. The van der Waals surface area contributed by atoms with Gasteiger partial charge >= 0.3 is 0 Å². The van der Waals surface area contributed by atoms with Crippen LogP contribution in [0.2, 0.25) is 0 Å². The van der Waals surface area contributed by atoms with Crippen molar-refractivity contribution in [3.05, 3.63) is 47.9 Å². The molecule has 0 N–H and O–H groups in total. The maximum absolute atomic E-state index is 13.7. The molecule has 3 heterocycles. The van der Waals surface area contributed by atoms with Gasteiger partial charge in [-0.2, -0.15) is 0 Å². The number of alkyl halides is 2. The van der Waals surface area contributed by atoms with Gasteiger partial charge in [-0.25, -0.2) is 33.1 Å². The molecule has 0 radical (unpaired) electrons. The highest BCUT2D eigenvalue weighted by Crippen LogP contribution is 2.26. The van der Waals surface area contributed by atoms with E-state index < -0.39 is 6.43 Å². The van der Waals surface area contributed by atoms with E-state index in [-0.39, 0.29) is 11.5 Å². The van der Waals surface area contributed by atoms with Gasteiger partial charge in [0.2, 0.25) is 0 Å². The number of anilines is 2. The number of aromatic nitrogens is 4. The minimum Gasteiger partial charge on any atom is -0.353 e. The van der Waals surface area contributed by atoms with E-state index in [1.54, 1.807) is 13.0 Å². The van der Waals surface area contributed by atoms with Gasteiger partial charge in [0.15, 0.2) is 0 Å². The normalized spacial score (nSPS) is 15.0. The fourth-order valence-electron chi connectivity index (χ4n) is 3.26. The number of hydrogen-bond donors (Lipinski definition) is 0. The van der Waals surface area contributed by atoms with Crippen LogP contribution in [-0.4, -0.2) is 46.1 Å². The molecule has 0 atom stereocenters. The summed E-state index contributed by atoms with van der Waals surface area (Å²) in [6.07, 6.45) is -1.17. The van der Waals surface area contributed by atoms with E-state index in [4.69, 9.17) is 0 Å². The first-order valence-corrected chi connectivity index (χ1v) is 8.55. The Hall–Kier alpha value is -2.97. The number of fused-ring (bicyclic) bond motifs is 1. The summed E-state index contributed by atoms with van der Waals surface area (Å²) in [7, 11) is 0. The summed E-state index contributed by atoms with van der Waals surface area (Å²) < 4.78 is 39.6. The highest BCUT2D eigenvalue weighted by atomic mass is 19.3. The molecule has 0 aliphatic carbocycles. The summed E-state index contributed by atoms with van der Waals surface area (Å²) in [6.45, 7) is 3.98. The van der Waals surface area contributed by atoms with Crippen LogP contribution >= 0.6 is 0 Å². The van der Waals surface area contributed by atoms with Gasteiger partial charge in [0.25, 0.3) is 6.43 Å². The Morgan fingerprint density at radius 1 is 0.963 bits per heavy atom. The summed E-state index contributed by atoms with van der Waals surface area (Å²) in [5.74, 6) is 1.15. The Bertz CT molecular complexity index is 972. The molecule has 4 rings (SSSR count). The molecule has 0 amide bonds. The van der Waals surface area contributed by atoms with Crippen molar-refractivity contribution in [2.45, 2.75) is 13.3 Å². The number of halogens is 3. The van der Waals surface area contributed by atoms with Crippen LogP contribution < -0.4 is 9.80 Å². The number of piperazine rings is 1. The summed E-state index contributed by atoms with van der Waals surface area (Å²) in [6, 6.07) is 5.76. The molecule has 1 aliphatic heterocycles. The molecule has 140 valence electrons. The molecule has 27 heavy (non-hydrogen) atoms. The lowest BCUT2D eigenvalue weighted by molar-refractivity contribution is 0.145. The van der Waals surface area contributed by atoms with Gasteiger partial charge < -0.3 is 9.80 Å². The first-order valence-electron chi connectivity index (χ1n) is 8.55. The maximum Gasteiger partial charge on any atom is 0.280 e. The molecule has 0 bridgehead atoms. The van der Waals surface area contributed by atoms with Crippen molar-refractivity contribution < 1.29 is 13.2 Å². The molecular weight excluding hydrogens is 357 g/mol. The molecular formula is C18H17F3N6. The molecule has 1 aromatic carbocycles. The number of hydrogen-bond acceptors (Lipinski definition) is 6. The van der Waals surface area contributed by atoms with Crippen LogP contribution in [0.3, 0.4) is 0 Å². The van der Waals surface area contributed by atoms with Crippen LogP contribution in [0, 0.1) is 12.7 Å². The first-order chi connectivity index (χ1) is 13.0. The van der Waals surface area contributed by atoms with Crippen LogP contribution in [0.5, 0.6) is 0 Å². The second-order valence-corrected chi connectivity index (χ2v) is 6.33. The number of rotatable bonds is 3. The second kappa shape index (κ2) is 6.98. The predicted octanol–water partition coefficient (Wildman–Crippen LogP) is 3.13. The topological polar surface area (TPSA) is 58.0 Å². The average Bonchev–Trinajstić information content (AvgIpc) is 2.67. The van der Waals surface area contributed by atoms with Crippen molar-refractivity contribution in [2.24, 2.45) is 0 Å². The average molecular weight is 374 g/mol. The van der Waals surface area contributed by atoms with Gasteiger partial charge in [0, 0.05) is 37.6 Å². The van der Waals surface area contributed by atoms with E-state index in [2.05, 4.69) is 19.9 Å². The minimum absolute atomic E-state index is 0.266. The molecule has 3 aromatic rings. The fourth-order valence-corrected chi connectivity index (χ4v) is 3.26. The van der Waals surface area contributed by atoms with Gasteiger partial charge in [0.05, 0.1) is 5.52 Å². The van der Waals surface area contributed by atoms with Gasteiger partial charge in [-0.1, -0.05) is 0 Å². The molecule has 0 saturated carbocycles. The van der Waals surface area contributed by atoms with E-state index >= 15 is 0 Å². The zero-order chi connectivity index (χ0) is 19.0. The highest BCUT2D eigenvalue weighted by Gasteiger charge is 2.22. The molecule has 1 saturated heterocycles. The quantitative estimate of drug-likeness (QED) is 0.702. The number of benzene rings is 1. The molecule has 9 heteroatoms. The third kappa shape index (κ3) is 3.49. The van der Waals surface area contributed by atoms with E-state index in [0.717, 1.165) is 0 Å². The van der Waals surface area contributed by atoms with E-state index in [9.17, 15) is 13.2 Å². The van der Waals surface area contributed by atoms with E-state index in [1.165, 1.54) is 24.5 Å². The van der Waals surface area contributed by atoms with Crippen LogP contribution in [0.1, 0.15) is 17.9 Å². The summed E-state index contributed by atoms with van der Waals surface area (Å²) >= 11 is 0. The smallest absolute Gasteiger partial charge is 0.280 e. The van der Waals surface area contributed by atoms with Crippen molar-refractivity contribution in [3.63, 3.8) is 0 Å². The van der Waals surface area contributed by atoms with Gasteiger partial charge in [-0.3, -0.25) is 0 Å². The van der Waals surface area contributed by atoms with Crippen LogP contribution in [0.25, 0.3) is 10.9 Å². The second-order valence-electron chi connectivity index (χ2n) is 6.33. The largest absolute Gasteiger partial charge is 0.353 e. The molecule has 6 nitrogen and oxygen atoms in total. The van der Waals surface area contributed by atoms with E-state index in [1.807, 2.05) is 9.80 Å². The minimum atomic E-state index is -2.63. The van der Waals surface area contributed by atoms with Gasteiger partial charge in [-0.15, -0.1) is 0 Å². The zero-order valence-electron chi connectivity index (χ0n) is 14.6. The highest BCUT2D eigenvalue weighted by molar-refractivity contribution is 5.89. The number of nitrogens with zero attached hydrogens (tertiary/aromatic N) is 6. The summed E-state index contributed by atoms with van der Waals surface area (Å²) in [5, 5.41) is 0.656. The lowest BCUT2D eigenvalue weighted by atomic mass is 10.2. The lowest BCUT2D eigenvalue weighted by Crippen LogP contribution is -2.47. The van der Waals surface area contributed by atoms with Crippen molar-refractivity contribution in [3.8, 4) is 0 Å². The van der Waals surface area contributed by atoms with Crippen LogP contribution in [0.15, 0.2) is 30.6 Å². The third-order valence-corrected chi connectivity index (χ3v) is 4.55. The van der Waals surface area contributed by atoms with Crippen molar-refractivity contribution in [2.75, 3.05) is 36.0 Å². The summed E-state index contributed by atoms with van der Waals surface area (Å²) in [4.78, 5) is 20.6. The monoisotopic (exact) mass is 374 g/mol. The van der Waals surface area contributed by atoms with Gasteiger partial charge in [-0.05, 0) is 25.1 Å². The Morgan fingerprint density at radius 2 is 1.70 bits per heavy atom. The molecule has 0 unspecified atom stereocenters. The standard InChI is InChI=1S/C18H17F3N6/c1-11-24-15(17(20)21)9-16(25-11)26-4-6-27(7-5-26)18-13-8-12(19)2-3-14(13)22-10-23-18/h2-3,8-10,17H,4-7H2,1H3. The zero-order valence-corrected chi connectivity index (χ0v) is 14.6. The Morgan fingerprint density at radius 3 is 2.44 bits per heavy atom. The van der Waals surface area contributed by atoms with E-state index in [0.29, 0.717) is 54.5 Å². The molecule has 2 aromatic heterocycles. The van der Waals surface area contributed by atoms with Crippen molar-refractivity contribution in [1.29, 1.82) is 0 Å². The Labute approximate surface area is 153 Å².